The van der Waals surface area contributed by atoms with Crippen LogP contribution >= 0.6 is 0 Å². The van der Waals surface area contributed by atoms with Crippen molar-refractivity contribution in [3.8, 4) is 0 Å². The van der Waals surface area contributed by atoms with Crippen molar-refractivity contribution in [1.82, 2.24) is 0 Å². The highest BCUT2D eigenvalue weighted by atomic mass is 16.6. The van der Waals surface area contributed by atoms with Crippen LogP contribution in [-0.4, -0.2) is 46.7 Å². The average molecular weight is 232 g/mol. The number of ether oxygens (including phenoxy) is 2. The zero-order chi connectivity index (χ0) is 12.3. The second kappa shape index (κ2) is 5.18. The molecule has 6 heteroatoms. The monoisotopic (exact) mass is 232 g/mol. The highest BCUT2D eigenvalue weighted by Crippen LogP contribution is 2.21. The molecule has 1 heterocycles. The molecule has 92 valence electrons. The predicted octanol–water partition coefficient (Wildman–Crippen LogP) is 0.273. The summed E-state index contributed by atoms with van der Waals surface area (Å²) >= 11 is 0. The van der Waals surface area contributed by atoms with Gasteiger partial charge < -0.3 is 24.8 Å². The molecule has 0 fully saturated rings. The quantitative estimate of drug-likeness (QED) is 0.589. The number of aliphatic hydroxyl groups excluding tert-OH is 3. The van der Waals surface area contributed by atoms with E-state index >= 15 is 0 Å². The Morgan fingerprint density at radius 3 is 2.44 bits per heavy atom. The number of carbonyl (C=O) groups is 1. The van der Waals surface area contributed by atoms with Gasteiger partial charge in [0.1, 0.15) is 6.10 Å². The van der Waals surface area contributed by atoms with E-state index < -0.39 is 29.7 Å². The molecule has 3 N–H and O–H groups in total. The van der Waals surface area contributed by atoms with Crippen LogP contribution in [0.2, 0.25) is 0 Å². The van der Waals surface area contributed by atoms with E-state index in [1.165, 1.54) is 0 Å². The lowest BCUT2D eigenvalue weighted by atomic mass is 10.2. The third-order valence-electron chi connectivity index (χ3n) is 2.03. The van der Waals surface area contributed by atoms with E-state index in [4.69, 9.17) is 9.84 Å². The van der Waals surface area contributed by atoms with Crippen LogP contribution in [0, 0.1) is 5.92 Å². The van der Waals surface area contributed by atoms with Crippen LogP contribution in [-0.2, 0) is 14.3 Å². The maximum absolute atomic E-state index is 10.8. The number of carbonyl (C=O) groups excluding carboxylic acids is 1. The van der Waals surface area contributed by atoms with Crippen molar-refractivity contribution in [2.75, 3.05) is 13.2 Å². The Morgan fingerprint density at radius 1 is 1.38 bits per heavy atom. The van der Waals surface area contributed by atoms with E-state index in [1.54, 1.807) is 0 Å². The van der Waals surface area contributed by atoms with Crippen molar-refractivity contribution in [3.05, 3.63) is 11.5 Å². The average Bonchev–Trinajstić information content (AvgIpc) is 2.45. The maximum Gasteiger partial charge on any atom is 0.377 e. The summed E-state index contributed by atoms with van der Waals surface area (Å²) in [6, 6.07) is 0. The summed E-state index contributed by atoms with van der Waals surface area (Å²) in [5.41, 5.74) is 0. The SMILES string of the molecule is CC(C)COC[C@H](O)[C@H]1OC(=O)C(O)=C1O. The Balaban J connectivity index is 2.44. The van der Waals surface area contributed by atoms with E-state index in [-0.39, 0.29) is 6.61 Å². The molecule has 0 aromatic heterocycles. The summed E-state index contributed by atoms with van der Waals surface area (Å²) in [5, 5.41) is 27.8. The Hall–Kier alpha value is -1.27. The first kappa shape index (κ1) is 12.8. The lowest BCUT2D eigenvalue weighted by Gasteiger charge is -2.17. The number of hydrogen-bond acceptors (Lipinski definition) is 6. The van der Waals surface area contributed by atoms with Crippen molar-refractivity contribution in [1.29, 1.82) is 0 Å². The second-order valence-electron chi connectivity index (χ2n) is 4.06. The van der Waals surface area contributed by atoms with Crippen molar-refractivity contribution in [2.45, 2.75) is 26.1 Å². The Labute approximate surface area is 93.1 Å². The van der Waals surface area contributed by atoms with Gasteiger partial charge in [0.05, 0.1) is 6.61 Å². The molecule has 0 aliphatic carbocycles. The third kappa shape index (κ3) is 2.86. The van der Waals surface area contributed by atoms with Crippen molar-refractivity contribution < 1.29 is 29.6 Å². The molecule has 0 spiro atoms. The van der Waals surface area contributed by atoms with Crippen LogP contribution in [0.1, 0.15) is 13.8 Å². The van der Waals surface area contributed by atoms with Gasteiger partial charge >= 0.3 is 5.97 Å². The van der Waals surface area contributed by atoms with Gasteiger partial charge in [-0.2, -0.15) is 0 Å². The van der Waals surface area contributed by atoms with Gasteiger partial charge in [-0.1, -0.05) is 13.8 Å². The van der Waals surface area contributed by atoms with Gasteiger partial charge in [0, 0.05) is 6.61 Å². The fourth-order valence-electron chi connectivity index (χ4n) is 1.24. The zero-order valence-corrected chi connectivity index (χ0v) is 9.21. The first-order valence-corrected chi connectivity index (χ1v) is 5.02. The normalized spacial score (nSPS) is 22.8. The van der Waals surface area contributed by atoms with Gasteiger partial charge in [0.15, 0.2) is 11.9 Å². The van der Waals surface area contributed by atoms with Gasteiger partial charge in [-0.3, -0.25) is 0 Å². The molecule has 0 unspecified atom stereocenters. The third-order valence-corrected chi connectivity index (χ3v) is 2.03. The topological polar surface area (TPSA) is 96.2 Å². The minimum atomic E-state index is -1.24. The first-order valence-electron chi connectivity index (χ1n) is 5.02. The minimum absolute atomic E-state index is 0.0759. The van der Waals surface area contributed by atoms with Crippen LogP contribution in [0.4, 0.5) is 0 Å². The second-order valence-corrected chi connectivity index (χ2v) is 4.06. The minimum Gasteiger partial charge on any atom is -0.505 e. The Kier molecular flexibility index (Phi) is 4.14. The number of cyclic esters (lactones) is 1. The molecule has 0 saturated heterocycles. The summed E-state index contributed by atoms with van der Waals surface area (Å²) in [6.45, 7) is 4.28. The summed E-state index contributed by atoms with van der Waals surface area (Å²) in [6.07, 6.45) is -2.42. The zero-order valence-electron chi connectivity index (χ0n) is 9.21. The molecule has 1 rings (SSSR count). The molecule has 0 saturated carbocycles. The van der Waals surface area contributed by atoms with Crippen LogP contribution < -0.4 is 0 Å². The van der Waals surface area contributed by atoms with Gasteiger partial charge in [-0.15, -0.1) is 0 Å². The number of esters is 1. The standard InChI is InChI=1S/C10H16O6/c1-5(2)3-15-4-6(11)9-7(12)8(13)10(14)16-9/h5-6,9,11-13H,3-4H2,1-2H3/t6-,9+/m0/s1. The Morgan fingerprint density at radius 2 is 2.00 bits per heavy atom. The van der Waals surface area contributed by atoms with Crippen LogP contribution in [0.3, 0.4) is 0 Å². The maximum atomic E-state index is 10.8. The summed E-state index contributed by atoms with van der Waals surface area (Å²) in [4.78, 5) is 10.8. The van der Waals surface area contributed by atoms with Gasteiger partial charge in [0.2, 0.25) is 5.76 Å². The highest BCUT2D eigenvalue weighted by Gasteiger charge is 2.39. The van der Waals surface area contributed by atoms with E-state index in [2.05, 4.69) is 4.74 Å². The van der Waals surface area contributed by atoms with Crippen LogP contribution in [0.25, 0.3) is 0 Å². The highest BCUT2D eigenvalue weighted by molar-refractivity contribution is 5.89. The summed E-state index contributed by atoms with van der Waals surface area (Å²) in [5.74, 6) is -2.22. The largest absolute Gasteiger partial charge is 0.505 e. The van der Waals surface area contributed by atoms with Crippen LogP contribution in [0.15, 0.2) is 11.5 Å². The molecule has 0 amide bonds. The lowest BCUT2D eigenvalue weighted by Crippen LogP contribution is -2.33. The summed E-state index contributed by atoms with van der Waals surface area (Å²) < 4.78 is 9.69. The summed E-state index contributed by atoms with van der Waals surface area (Å²) in [7, 11) is 0. The smallest absolute Gasteiger partial charge is 0.377 e. The molecular formula is C10H16O6. The molecule has 0 bridgehead atoms. The van der Waals surface area contributed by atoms with E-state index in [0.717, 1.165) is 0 Å². The van der Waals surface area contributed by atoms with Crippen molar-refractivity contribution >= 4 is 5.97 Å². The molecule has 0 aromatic rings. The molecule has 0 aromatic carbocycles. The molecule has 0 radical (unpaired) electrons. The fraction of sp³-hybridized carbons (Fsp3) is 0.700. The number of rotatable bonds is 5. The van der Waals surface area contributed by atoms with Gasteiger partial charge in [-0.05, 0) is 5.92 Å². The fourth-order valence-corrected chi connectivity index (χ4v) is 1.24. The van der Waals surface area contributed by atoms with Gasteiger partial charge in [0.25, 0.3) is 0 Å². The van der Waals surface area contributed by atoms with Crippen molar-refractivity contribution in [2.24, 2.45) is 5.92 Å². The molecule has 6 nitrogen and oxygen atoms in total. The molecular weight excluding hydrogens is 216 g/mol. The van der Waals surface area contributed by atoms with E-state index in [0.29, 0.717) is 12.5 Å². The lowest BCUT2D eigenvalue weighted by molar-refractivity contribution is -0.148. The molecule has 1 aliphatic heterocycles. The van der Waals surface area contributed by atoms with E-state index in [9.17, 15) is 15.0 Å². The molecule has 2 atom stereocenters. The number of hydrogen-bond donors (Lipinski definition) is 3. The van der Waals surface area contributed by atoms with Gasteiger partial charge in [-0.25, -0.2) is 4.79 Å². The van der Waals surface area contributed by atoms with E-state index in [1.807, 2.05) is 13.8 Å². The predicted molar refractivity (Wildman–Crippen MR) is 53.8 cm³/mol. The first-order chi connectivity index (χ1) is 7.43. The number of aliphatic hydroxyl groups is 3. The molecule has 1 aliphatic rings. The molecule has 16 heavy (non-hydrogen) atoms. The van der Waals surface area contributed by atoms with Crippen molar-refractivity contribution in [3.63, 3.8) is 0 Å². The Bertz CT molecular complexity index is 296. The van der Waals surface area contributed by atoms with Crippen LogP contribution in [0.5, 0.6) is 0 Å².